The zero-order chi connectivity index (χ0) is 26.9. The first-order valence-electron chi connectivity index (χ1n) is 12.7. The van der Waals surface area contributed by atoms with Crippen molar-refractivity contribution in [2.24, 2.45) is 0 Å². The molecule has 0 unspecified atom stereocenters. The second kappa shape index (κ2) is 10.3. The molecular weight excluding hydrogens is 504 g/mol. The van der Waals surface area contributed by atoms with E-state index < -0.39 is 0 Å². The second-order valence-corrected chi connectivity index (χ2v) is 10.4. The van der Waals surface area contributed by atoms with Crippen LogP contribution in [0.2, 0.25) is 0 Å². The third-order valence-corrected chi connectivity index (χ3v) is 8.22. The molecule has 1 aliphatic heterocycles. The normalized spacial score (nSPS) is 13.6. The molecule has 0 aliphatic carbocycles. The molecule has 7 heteroatoms. The van der Waals surface area contributed by atoms with E-state index in [1.54, 1.807) is 26.0 Å². The molecule has 3 aromatic carbocycles. The maximum Gasteiger partial charge on any atom is 0.273 e. The molecule has 6 nitrogen and oxygen atoms in total. The van der Waals surface area contributed by atoms with Crippen molar-refractivity contribution in [3.63, 3.8) is 0 Å². The van der Waals surface area contributed by atoms with E-state index in [1.165, 1.54) is 4.90 Å². The lowest BCUT2D eigenvalue weighted by Crippen LogP contribution is -2.38. The van der Waals surface area contributed by atoms with Crippen molar-refractivity contribution >= 4 is 40.2 Å². The monoisotopic (exact) mass is 533 g/mol. The number of benzene rings is 3. The van der Waals surface area contributed by atoms with Crippen LogP contribution in [0, 0.1) is 0 Å². The topological polar surface area (TPSA) is 64.5 Å². The highest BCUT2D eigenvalue weighted by molar-refractivity contribution is 8.03. The van der Waals surface area contributed by atoms with Crippen LogP contribution in [0.5, 0.6) is 11.5 Å². The van der Waals surface area contributed by atoms with Crippen molar-refractivity contribution in [3.05, 3.63) is 107 Å². The Morgan fingerprint density at radius 2 is 1.67 bits per heavy atom. The van der Waals surface area contributed by atoms with E-state index in [9.17, 15) is 0 Å². The predicted octanol–water partition coefficient (Wildman–Crippen LogP) is 6.38. The largest absolute Gasteiger partial charge is 0.496 e. The fourth-order valence-electron chi connectivity index (χ4n) is 5.10. The molecule has 0 atom stereocenters. The molecule has 0 spiro atoms. The van der Waals surface area contributed by atoms with Gasteiger partial charge in [0.1, 0.15) is 23.6 Å². The quantitative estimate of drug-likeness (QED) is 0.256. The Kier molecular flexibility index (Phi) is 6.59. The van der Waals surface area contributed by atoms with Gasteiger partial charge in [-0.25, -0.2) is 4.57 Å². The number of nitrogen functional groups attached to an aromatic ring is 1. The standard InChI is InChI=1S/C32H28N4O2S/c1-35-26-12-11-22(32-27(37-2)9-6-10-28(32)38-3)17-29(26)39-31(35)19-23-18-30(33)36(20-21-13-15-34-16-14-21)25-8-5-4-7-24(23)25/h4-19,33H,20H2,1-3H3/p+1. The number of rotatable bonds is 6. The summed E-state index contributed by atoms with van der Waals surface area (Å²) in [6.45, 7) is 0.682. The molecule has 6 rings (SSSR count). The fraction of sp³-hybridized carbons (Fsp3) is 0.125. The molecule has 0 saturated carbocycles. The number of hydrogen-bond donors (Lipinski definition) is 1. The number of methoxy groups -OCH3 is 2. The third kappa shape index (κ3) is 4.55. The number of para-hydroxylation sites is 1. The number of anilines is 2. The zero-order valence-corrected chi connectivity index (χ0v) is 22.9. The maximum absolute atomic E-state index is 6.64. The SMILES string of the molecule is COc1cccc(OC)c1-c1ccc2c(c1)SC(=Cc1cc(N)[n+](Cc3ccncc3)c3ccccc13)N2C. The minimum Gasteiger partial charge on any atom is -0.496 e. The lowest BCUT2D eigenvalue weighted by molar-refractivity contribution is -0.647. The average Bonchev–Trinajstić information content (AvgIpc) is 3.29. The Bertz CT molecular complexity index is 1700. The molecule has 5 aromatic rings. The molecule has 39 heavy (non-hydrogen) atoms. The highest BCUT2D eigenvalue weighted by Crippen LogP contribution is 2.49. The molecule has 194 valence electrons. The van der Waals surface area contributed by atoms with Gasteiger partial charge in [0.25, 0.3) is 5.82 Å². The van der Waals surface area contributed by atoms with Crippen LogP contribution in [0.1, 0.15) is 11.1 Å². The van der Waals surface area contributed by atoms with E-state index in [4.69, 9.17) is 15.2 Å². The Morgan fingerprint density at radius 3 is 2.41 bits per heavy atom. The van der Waals surface area contributed by atoms with E-state index >= 15 is 0 Å². The molecule has 0 bridgehead atoms. The molecule has 0 amide bonds. The van der Waals surface area contributed by atoms with Crippen molar-refractivity contribution in [3.8, 4) is 22.6 Å². The Hall–Kier alpha value is -4.49. The highest BCUT2D eigenvalue weighted by Gasteiger charge is 2.25. The van der Waals surface area contributed by atoms with Crippen molar-refractivity contribution in [2.75, 3.05) is 31.9 Å². The summed E-state index contributed by atoms with van der Waals surface area (Å²) >= 11 is 1.75. The summed E-state index contributed by atoms with van der Waals surface area (Å²) in [5.74, 6) is 2.28. The van der Waals surface area contributed by atoms with E-state index in [1.807, 2.05) is 42.7 Å². The molecule has 3 heterocycles. The predicted molar refractivity (Wildman–Crippen MR) is 159 cm³/mol. The van der Waals surface area contributed by atoms with Crippen molar-refractivity contribution in [1.82, 2.24) is 4.98 Å². The molecule has 0 radical (unpaired) electrons. The third-order valence-electron chi connectivity index (χ3n) is 7.07. The molecule has 0 fully saturated rings. The van der Waals surface area contributed by atoms with Gasteiger partial charge < -0.3 is 14.4 Å². The van der Waals surface area contributed by atoms with Crippen LogP contribution in [0.4, 0.5) is 11.5 Å². The molecule has 1 aliphatic rings. The van der Waals surface area contributed by atoms with Crippen LogP contribution in [0.15, 0.2) is 101 Å². The number of nitrogens with two attached hydrogens (primary N) is 1. The summed E-state index contributed by atoms with van der Waals surface area (Å²) in [6, 6.07) is 26.9. The summed E-state index contributed by atoms with van der Waals surface area (Å²) in [7, 11) is 5.48. The minimum absolute atomic E-state index is 0.682. The van der Waals surface area contributed by atoms with Crippen LogP contribution in [-0.2, 0) is 6.54 Å². The smallest absolute Gasteiger partial charge is 0.273 e. The van der Waals surface area contributed by atoms with Gasteiger partial charge in [0, 0.05) is 35.8 Å². The Labute approximate surface area is 232 Å². The van der Waals surface area contributed by atoms with E-state index in [-0.39, 0.29) is 0 Å². The van der Waals surface area contributed by atoms with Crippen LogP contribution < -0.4 is 24.7 Å². The first-order chi connectivity index (χ1) is 19.1. The van der Waals surface area contributed by atoms with Crippen molar-refractivity contribution in [1.29, 1.82) is 0 Å². The Balaban J connectivity index is 1.39. The maximum atomic E-state index is 6.64. The summed E-state index contributed by atoms with van der Waals surface area (Å²) < 4.78 is 13.5. The number of thioether (sulfide) groups is 1. The molecule has 2 aromatic heterocycles. The Morgan fingerprint density at radius 1 is 0.923 bits per heavy atom. The first-order valence-corrected chi connectivity index (χ1v) is 13.5. The van der Waals surface area contributed by atoms with Gasteiger partial charge in [-0.2, -0.15) is 0 Å². The second-order valence-electron chi connectivity index (χ2n) is 9.35. The van der Waals surface area contributed by atoms with E-state index in [0.29, 0.717) is 12.4 Å². The lowest BCUT2D eigenvalue weighted by Gasteiger charge is -2.16. The summed E-state index contributed by atoms with van der Waals surface area (Å²) in [6.07, 6.45) is 5.85. The van der Waals surface area contributed by atoms with Gasteiger partial charge in [0.2, 0.25) is 0 Å². The van der Waals surface area contributed by atoms with Crippen LogP contribution in [-0.4, -0.2) is 26.3 Å². The van der Waals surface area contributed by atoms with Gasteiger partial charge in [-0.15, -0.1) is 0 Å². The first kappa shape index (κ1) is 24.8. The number of ether oxygens (including phenoxy) is 2. The van der Waals surface area contributed by atoms with Gasteiger partial charge >= 0.3 is 0 Å². The van der Waals surface area contributed by atoms with Crippen LogP contribution >= 0.6 is 11.8 Å². The van der Waals surface area contributed by atoms with Crippen LogP contribution in [0.25, 0.3) is 28.1 Å². The number of nitrogens with zero attached hydrogens (tertiary/aromatic N) is 3. The van der Waals surface area contributed by atoms with E-state index in [0.717, 1.165) is 55.4 Å². The fourth-order valence-corrected chi connectivity index (χ4v) is 6.24. The van der Waals surface area contributed by atoms with Crippen LogP contribution in [0.3, 0.4) is 0 Å². The van der Waals surface area contributed by atoms with E-state index in [2.05, 4.69) is 76.1 Å². The lowest BCUT2D eigenvalue weighted by atomic mass is 10.0. The summed E-state index contributed by atoms with van der Waals surface area (Å²) in [5, 5.41) is 2.28. The molecule has 2 N–H and O–H groups in total. The van der Waals surface area contributed by atoms with Gasteiger partial charge in [0.05, 0.1) is 30.5 Å². The molecular formula is C32H29N4O2S+. The minimum atomic E-state index is 0.682. The average molecular weight is 534 g/mol. The number of fused-ring (bicyclic) bond motifs is 2. The summed E-state index contributed by atoms with van der Waals surface area (Å²) in [4.78, 5) is 7.54. The number of pyridine rings is 2. The molecule has 0 saturated heterocycles. The zero-order valence-electron chi connectivity index (χ0n) is 22.1. The van der Waals surface area contributed by atoms with Crippen molar-refractivity contribution < 1.29 is 14.0 Å². The van der Waals surface area contributed by atoms with Gasteiger partial charge in [0.15, 0.2) is 0 Å². The van der Waals surface area contributed by atoms with Gasteiger partial charge in [-0.3, -0.25) is 10.7 Å². The number of aromatic nitrogens is 2. The summed E-state index contributed by atoms with van der Waals surface area (Å²) in [5.41, 5.74) is 13.1. The number of hydrogen-bond acceptors (Lipinski definition) is 6. The van der Waals surface area contributed by atoms with Gasteiger partial charge in [-0.1, -0.05) is 42.1 Å². The highest BCUT2D eigenvalue weighted by atomic mass is 32.2. The van der Waals surface area contributed by atoms with Gasteiger partial charge in [-0.05, 0) is 65.2 Å². The van der Waals surface area contributed by atoms with Crippen molar-refractivity contribution in [2.45, 2.75) is 11.4 Å².